The van der Waals surface area contributed by atoms with Crippen LogP contribution < -0.4 is 0 Å². The van der Waals surface area contributed by atoms with E-state index in [0.717, 1.165) is 128 Å². The lowest BCUT2D eigenvalue weighted by atomic mass is 10.1. The highest BCUT2D eigenvalue weighted by molar-refractivity contribution is 5.71. The molecule has 12 radical (unpaired) electrons. The number of carbonyl (C=O) groups is 6. The molecule has 0 fully saturated rings. The van der Waals surface area contributed by atoms with E-state index < -0.39 is 11.9 Å². The highest BCUT2D eigenvalue weighted by Crippen LogP contribution is 2.15. The molecular weight excluding hydrogens is 1140 g/mol. The van der Waals surface area contributed by atoms with E-state index in [4.69, 9.17) is 70.2 Å². The van der Waals surface area contributed by atoms with Crippen molar-refractivity contribution in [2.24, 2.45) is 0 Å². The van der Waals surface area contributed by atoms with Gasteiger partial charge in [-0.15, -0.1) is 0 Å². The van der Waals surface area contributed by atoms with Gasteiger partial charge in [-0.2, -0.15) is 0 Å². The van der Waals surface area contributed by atoms with E-state index in [9.17, 15) is 28.8 Å². The SMILES string of the molecule is [CH]CCCCCCCCCCCOC(=O)CCN(CCOC(=O)CCN([CH])CCN([CH])CCC(=O)OCCN(CCC(=O)OCCCCCCCCCCC[CH])CCC(=O)OCCCCCCCCCCC[CH])CCC(=O)OCCCCCCCCCCC[CH]. The number of hydrogen-bond donors (Lipinski definition) is 0. The molecule has 90 heavy (non-hydrogen) atoms. The standard InChI is InChI=1S/C74H130N4O12/c1-7-11-15-19-23-27-31-35-39-43-63-85-71(81)49-55-77(56-50-72(82)86-64-44-40-36-32-28-24-20-16-12-8-2)61-67-89-69(79)47-53-75(5)59-60-76(6)54-48-70(80)90-68-62-78(57-51-73(83)87-65-45-41-37-33-29-25-21-17-13-9-3)58-52-74(84)88-66-46-42-38-34-30-26-22-18-14-10-4/h1-6H,7-68H2. The molecule has 0 rings (SSSR count). The van der Waals surface area contributed by atoms with Crippen molar-refractivity contribution in [1.29, 1.82) is 0 Å². The molecule has 0 N–H and O–H groups in total. The predicted molar refractivity (Wildman–Crippen MR) is 360 cm³/mol. The smallest absolute Gasteiger partial charge is 0.307 e. The Balaban J connectivity index is 4.87. The normalized spacial score (nSPS) is 11.5. The van der Waals surface area contributed by atoms with Crippen molar-refractivity contribution in [2.75, 3.05) is 105 Å². The number of rotatable bonds is 71. The largest absolute Gasteiger partial charge is 0.466 e. The highest BCUT2D eigenvalue weighted by atomic mass is 16.6. The molecular formula is C74H130N4O12. The Morgan fingerprint density at radius 1 is 0.200 bits per heavy atom. The fraction of sp³-hybridized carbons (Fsp3) is 0.838. The summed E-state index contributed by atoms with van der Waals surface area (Å²) < 4.78 is 33.2. The maximum Gasteiger partial charge on any atom is 0.307 e. The van der Waals surface area contributed by atoms with Crippen LogP contribution in [0.1, 0.15) is 295 Å². The van der Waals surface area contributed by atoms with Crippen LogP contribution in [-0.4, -0.2) is 161 Å². The summed E-state index contributed by atoms with van der Waals surface area (Å²) in [6.45, 7) is 27.1. The van der Waals surface area contributed by atoms with Gasteiger partial charge in [-0.1, -0.05) is 205 Å². The molecule has 0 aliphatic heterocycles. The molecule has 0 aromatic carbocycles. The Morgan fingerprint density at radius 2 is 0.367 bits per heavy atom. The van der Waals surface area contributed by atoms with Crippen LogP contribution in [0, 0.1) is 41.8 Å². The summed E-state index contributed by atoms with van der Waals surface area (Å²) in [5, 5.41) is 0. The number of unbranched alkanes of at least 4 members (excludes halogenated alkanes) is 36. The van der Waals surface area contributed by atoms with E-state index in [1.165, 1.54) is 138 Å². The third-order valence-corrected chi connectivity index (χ3v) is 16.2. The van der Waals surface area contributed by atoms with Crippen molar-refractivity contribution in [3.63, 3.8) is 0 Å². The molecule has 0 saturated carbocycles. The molecule has 16 heteroatoms. The molecule has 0 amide bonds. The minimum absolute atomic E-state index is 0.0308. The van der Waals surface area contributed by atoms with Crippen LogP contribution in [0.15, 0.2) is 0 Å². The van der Waals surface area contributed by atoms with Gasteiger partial charge in [0.15, 0.2) is 0 Å². The number of carbonyl (C=O) groups excluding carboxylic acids is 6. The topological polar surface area (TPSA) is 171 Å². The fourth-order valence-corrected chi connectivity index (χ4v) is 10.3. The minimum Gasteiger partial charge on any atom is -0.466 e. The first kappa shape index (κ1) is 86.7. The van der Waals surface area contributed by atoms with Crippen molar-refractivity contribution in [1.82, 2.24) is 19.6 Å². The average Bonchev–Trinajstić information content (AvgIpc) is 3.73. The molecule has 0 atom stereocenters. The molecule has 0 heterocycles. The van der Waals surface area contributed by atoms with E-state index >= 15 is 0 Å². The van der Waals surface area contributed by atoms with Crippen LogP contribution in [0.25, 0.3) is 0 Å². The van der Waals surface area contributed by atoms with E-state index in [1.807, 2.05) is 9.80 Å². The van der Waals surface area contributed by atoms with Gasteiger partial charge in [0, 0.05) is 79.5 Å². The molecule has 0 aromatic rings. The van der Waals surface area contributed by atoms with Crippen LogP contribution in [0.4, 0.5) is 0 Å². The zero-order valence-electron chi connectivity index (χ0n) is 57.0. The average molecular weight is 1270 g/mol. The number of esters is 6. The molecule has 0 spiro atoms. The van der Waals surface area contributed by atoms with E-state index in [0.29, 0.717) is 78.8 Å². The molecule has 16 nitrogen and oxygen atoms in total. The van der Waals surface area contributed by atoms with Gasteiger partial charge in [0.25, 0.3) is 0 Å². The summed E-state index contributed by atoms with van der Waals surface area (Å²) >= 11 is 0. The first-order chi connectivity index (χ1) is 43.9. The molecule has 0 aliphatic rings. The molecule has 0 bridgehead atoms. The zero-order chi connectivity index (χ0) is 65.9. The lowest BCUT2D eigenvalue weighted by molar-refractivity contribution is -0.147. The maximum absolute atomic E-state index is 12.8. The summed E-state index contributed by atoms with van der Waals surface area (Å²) in [6, 6.07) is 0. The Labute approximate surface area is 552 Å². The quantitative estimate of drug-likeness (QED) is 0.0244. The Kier molecular flexibility index (Phi) is 66.0. The highest BCUT2D eigenvalue weighted by Gasteiger charge is 2.17. The number of nitrogens with zero attached hydrogens (tertiary/aromatic N) is 4. The number of hydrogen-bond acceptors (Lipinski definition) is 16. The van der Waals surface area contributed by atoms with Crippen molar-refractivity contribution in [3.05, 3.63) is 41.8 Å². The summed E-state index contributed by atoms with van der Waals surface area (Å²) in [4.78, 5) is 83.2. The van der Waals surface area contributed by atoms with E-state index in [2.05, 4.69) is 0 Å². The molecule has 0 saturated heterocycles. The second-order valence-corrected chi connectivity index (χ2v) is 24.5. The Morgan fingerprint density at radius 3 is 0.567 bits per heavy atom. The Bertz CT molecular complexity index is 1440. The molecule has 518 valence electrons. The zero-order valence-corrected chi connectivity index (χ0v) is 57.0. The molecule has 0 unspecified atom stereocenters. The minimum atomic E-state index is -0.442. The van der Waals surface area contributed by atoms with E-state index in [1.54, 1.807) is 0 Å². The first-order valence-corrected chi connectivity index (χ1v) is 36.1. The molecule has 0 aromatic heterocycles. The van der Waals surface area contributed by atoms with Crippen molar-refractivity contribution >= 4 is 35.8 Å². The lowest BCUT2D eigenvalue weighted by Crippen LogP contribution is -2.34. The summed E-state index contributed by atoms with van der Waals surface area (Å²) in [7, 11) is 12.4. The summed E-state index contributed by atoms with van der Waals surface area (Å²) in [5.74, 6) is -2.08. The van der Waals surface area contributed by atoms with Crippen LogP contribution in [0.3, 0.4) is 0 Å². The second kappa shape index (κ2) is 68.5. The Hall–Kier alpha value is -3.34. The molecule has 0 aliphatic carbocycles. The number of ether oxygens (including phenoxy) is 6. The van der Waals surface area contributed by atoms with Gasteiger partial charge in [0.1, 0.15) is 13.2 Å². The van der Waals surface area contributed by atoms with Gasteiger partial charge in [-0.05, 0) is 79.1 Å². The predicted octanol–water partition coefficient (Wildman–Crippen LogP) is 15.6. The summed E-state index contributed by atoms with van der Waals surface area (Å²) in [5.41, 5.74) is 0. The van der Waals surface area contributed by atoms with Gasteiger partial charge in [-0.25, -0.2) is 0 Å². The van der Waals surface area contributed by atoms with Crippen molar-refractivity contribution in [3.8, 4) is 0 Å². The monoisotopic (exact) mass is 1270 g/mol. The van der Waals surface area contributed by atoms with Crippen LogP contribution in [-0.2, 0) is 57.2 Å². The van der Waals surface area contributed by atoms with Crippen LogP contribution in [0.2, 0.25) is 0 Å². The van der Waals surface area contributed by atoms with E-state index in [-0.39, 0.29) is 88.7 Å². The van der Waals surface area contributed by atoms with Crippen LogP contribution >= 0.6 is 0 Å². The first-order valence-electron chi connectivity index (χ1n) is 36.1. The van der Waals surface area contributed by atoms with Crippen molar-refractivity contribution < 1.29 is 57.2 Å². The van der Waals surface area contributed by atoms with Gasteiger partial charge < -0.3 is 28.4 Å². The summed E-state index contributed by atoms with van der Waals surface area (Å²) in [6.07, 6.45) is 44.2. The van der Waals surface area contributed by atoms with Gasteiger partial charge in [-0.3, -0.25) is 48.4 Å². The van der Waals surface area contributed by atoms with Crippen LogP contribution in [0.5, 0.6) is 0 Å². The maximum atomic E-state index is 12.8. The fourth-order valence-electron chi connectivity index (χ4n) is 10.3. The van der Waals surface area contributed by atoms with Gasteiger partial charge in [0.2, 0.25) is 0 Å². The van der Waals surface area contributed by atoms with Gasteiger partial charge >= 0.3 is 35.8 Å². The lowest BCUT2D eigenvalue weighted by Gasteiger charge is -2.22. The third kappa shape index (κ3) is 64.8. The third-order valence-electron chi connectivity index (χ3n) is 16.2. The van der Waals surface area contributed by atoms with Crippen molar-refractivity contribution in [2.45, 2.75) is 295 Å². The van der Waals surface area contributed by atoms with Gasteiger partial charge in [0.05, 0.1) is 65.0 Å². The second-order valence-electron chi connectivity index (χ2n) is 24.5.